The Bertz CT molecular complexity index is 698. The Morgan fingerprint density at radius 2 is 2.05 bits per heavy atom. The Balaban J connectivity index is 1.97. The molecule has 0 fully saturated rings. The van der Waals surface area contributed by atoms with E-state index in [9.17, 15) is 4.79 Å². The van der Waals surface area contributed by atoms with Gasteiger partial charge in [0.2, 0.25) is 0 Å². The summed E-state index contributed by atoms with van der Waals surface area (Å²) in [6.45, 7) is 0.302. The first kappa shape index (κ1) is 15.4. The van der Waals surface area contributed by atoms with E-state index in [1.165, 1.54) is 11.3 Å². The zero-order chi connectivity index (χ0) is 15.2. The molecule has 1 aromatic carbocycles. The van der Waals surface area contributed by atoms with E-state index in [-0.39, 0.29) is 5.91 Å². The average molecular weight is 319 g/mol. The molecule has 21 heavy (non-hydrogen) atoms. The lowest BCUT2D eigenvalue weighted by Crippen LogP contribution is -2.22. The Hall–Kier alpha value is -1.96. The third-order valence-electron chi connectivity index (χ3n) is 2.74. The van der Waals surface area contributed by atoms with Crippen molar-refractivity contribution in [1.82, 2.24) is 5.32 Å². The van der Waals surface area contributed by atoms with Gasteiger partial charge in [-0.15, -0.1) is 11.3 Å². The molecular weight excluding hydrogens is 304 g/mol. The molecule has 0 saturated heterocycles. The molecule has 2 rings (SSSR count). The number of carbonyl (C=O) groups excluding carboxylic acids is 1. The number of amides is 1. The highest BCUT2D eigenvalue weighted by Gasteiger charge is 2.06. The van der Waals surface area contributed by atoms with Gasteiger partial charge in [0.1, 0.15) is 0 Å². The average Bonchev–Trinajstić information content (AvgIpc) is 2.90. The van der Waals surface area contributed by atoms with Gasteiger partial charge in [-0.25, -0.2) is 0 Å². The van der Waals surface area contributed by atoms with Crippen LogP contribution in [0.4, 0.5) is 5.69 Å². The van der Waals surface area contributed by atoms with Gasteiger partial charge in [0.15, 0.2) is 0 Å². The van der Waals surface area contributed by atoms with Crippen LogP contribution in [0.25, 0.3) is 0 Å². The molecule has 2 aromatic rings. The number of thiophene rings is 1. The van der Waals surface area contributed by atoms with Crippen LogP contribution in [0, 0.1) is 11.8 Å². The number of halogens is 1. The minimum atomic E-state index is -0.151. The number of rotatable bonds is 3. The molecule has 108 valence electrons. The largest absolute Gasteiger partial charge is 0.377 e. The van der Waals surface area contributed by atoms with E-state index >= 15 is 0 Å². The van der Waals surface area contributed by atoms with Crippen molar-refractivity contribution in [2.24, 2.45) is 0 Å². The summed E-state index contributed by atoms with van der Waals surface area (Å²) in [7, 11) is 3.95. The predicted octanol–water partition coefficient (Wildman–Crippen LogP) is 3.25. The molecule has 0 unspecified atom stereocenters. The maximum Gasteiger partial charge on any atom is 0.262 e. The van der Waals surface area contributed by atoms with E-state index in [0.717, 1.165) is 11.3 Å². The number of nitrogens with zero attached hydrogens (tertiary/aromatic N) is 1. The van der Waals surface area contributed by atoms with E-state index in [2.05, 4.69) is 17.2 Å². The lowest BCUT2D eigenvalue weighted by molar-refractivity contribution is 0.0962. The monoisotopic (exact) mass is 318 g/mol. The van der Waals surface area contributed by atoms with Crippen molar-refractivity contribution in [1.29, 1.82) is 0 Å². The summed E-state index contributed by atoms with van der Waals surface area (Å²) in [6, 6.07) is 11.3. The molecule has 0 bridgehead atoms. The van der Waals surface area contributed by atoms with Crippen LogP contribution in [-0.2, 0) is 0 Å². The van der Waals surface area contributed by atoms with Gasteiger partial charge in [-0.3, -0.25) is 4.79 Å². The summed E-state index contributed by atoms with van der Waals surface area (Å²) in [5.74, 6) is 5.89. The van der Waals surface area contributed by atoms with E-state index in [0.29, 0.717) is 15.8 Å². The van der Waals surface area contributed by atoms with Crippen LogP contribution in [0.1, 0.15) is 15.2 Å². The molecule has 1 amide bonds. The number of carbonyl (C=O) groups is 1. The molecule has 1 heterocycles. The molecule has 0 atom stereocenters. The Morgan fingerprint density at radius 1 is 1.29 bits per heavy atom. The fourth-order valence-corrected chi connectivity index (χ4v) is 2.72. The zero-order valence-corrected chi connectivity index (χ0v) is 13.4. The highest BCUT2D eigenvalue weighted by molar-refractivity contribution is 7.17. The maximum atomic E-state index is 11.8. The topological polar surface area (TPSA) is 32.3 Å². The molecular formula is C16H15ClN2OS. The van der Waals surface area contributed by atoms with Gasteiger partial charge in [0, 0.05) is 19.7 Å². The normalized spacial score (nSPS) is 9.67. The summed E-state index contributed by atoms with van der Waals surface area (Å²) in [4.78, 5) is 14.4. The minimum absolute atomic E-state index is 0.151. The Kier molecular flexibility index (Phi) is 5.26. The number of benzene rings is 1. The highest BCUT2D eigenvalue weighted by atomic mass is 35.5. The first-order chi connectivity index (χ1) is 10.1. The van der Waals surface area contributed by atoms with Crippen molar-refractivity contribution in [2.75, 3.05) is 25.5 Å². The van der Waals surface area contributed by atoms with Crippen LogP contribution in [0.3, 0.4) is 0 Å². The van der Waals surface area contributed by atoms with Crippen molar-refractivity contribution in [2.45, 2.75) is 0 Å². The fourth-order valence-electron chi connectivity index (χ4n) is 1.76. The van der Waals surface area contributed by atoms with Crippen molar-refractivity contribution in [3.63, 3.8) is 0 Å². The number of hydrogen-bond acceptors (Lipinski definition) is 3. The number of hydrogen-bond donors (Lipinski definition) is 1. The first-order valence-corrected chi connectivity index (χ1v) is 7.56. The van der Waals surface area contributed by atoms with E-state index in [1.807, 2.05) is 43.3 Å². The molecule has 0 aliphatic carbocycles. The second kappa shape index (κ2) is 7.16. The lowest BCUT2D eigenvalue weighted by atomic mass is 10.1. The van der Waals surface area contributed by atoms with Gasteiger partial charge >= 0.3 is 0 Å². The summed E-state index contributed by atoms with van der Waals surface area (Å²) in [5, 5.41) is 2.76. The highest BCUT2D eigenvalue weighted by Crippen LogP contribution is 2.21. The van der Waals surface area contributed by atoms with Crippen molar-refractivity contribution < 1.29 is 4.79 Å². The molecule has 1 aromatic heterocycles. The number of para-hydroxylation sites is 1. The maximum absolute atomic E-state index is 11.8. The second-order valence-electron chi connectivity index (χ2n) is 4.50. The Labute approximate surface area is 133 Å². The minimum Gasteiger partial charge on any atom is -0.377 e. The van der Waals surface area contributed by atoms with Crippen LogP contribution >= 0.6 is 22.9 Å². The summed E-state index contributed by atoms with van der Waals surface area (Å²) >= 11 is 7.05. The van der Waals surface area contributed by atoms with Gasteiger partial charge < -0.3 is 10.2 Å². The number of nitrogens with one attached hydrogen (secondary N) is 1. The molecule has 0 spiro atoms. The van der Waals surface area contributed by atoms with Crippen LogP contribution in [-0.4, -0.2) is 26.5 Å². The summed E-state index contributed by atoms with van der Waals surface area (Å²) < 4.78 is 0.603. The van der Waals surface area contributed by atoms with E-state index < -0.39 is 0 Å². The van der Waals surface area contributed by atoms with E-state index in [4.69, 9.17) is 11.6 Å². The summed E-state index contributed by atoms with van der Waals surface area (Å²) in [6.07, 6.45) is 0. The molecule has 3 nitrogen and oxygen atoms in total. The Morgan fingerprint density at radius 3 is 2.71 bits per heavy atom. The van der Waals surface area contributed by atoms with Gasteiger partial charge in [0.05, 0.1) is 21.4 Å². The van der Waals surface area contributed by atoms with Crippen molar-refractivity contribution in [3.05, 3.63) is 51.2 Å². The van der Waals surface area contributed by atoms with Gasteiger partial charge in [-0.05, 0) is 24.3 Å². The van der Waals surface area contributed by atoms with Crippen LogP contribution in [0.5, 0.6) is 0 Å². The van der Waals surface area contributed by atoms with Crippen molar-refractivity contribution >= 4 is 34.5 Å². The van der Waals surface area contributed by atoms with Crippen LogP contribution < -0.4 is 10.2 Å². The zero-order valence-electron chi connectivity index (χ0n) is 11.8. The van der Waals surface area contributed by atoms with Gasteiger partial charge in [-0.2, -0.15) is 0 Å². The second-order valence-corrected chi connectivity index (χ2v) is 6.21. The van der Waals surface area contributed by atoms with Crippen molar-refractivity contribution in [3.8, 4) is 11.8 Å². The fraction of sp³-hybridized carbons (Fsp3) is 0.188. The van der Waals surface area contributed by atoms with Crippen LogP contribution in [0.2, 0.25) is 4.34 Å². The third-order valence-corrected chi connectivity index (χ3v) is 3.97. The summed E-state index contributed by atoms with van der Waals surface area (Å²) in [5.41, 5.74) is 2.00. The predicted molar refractivity (Wildman–Crippen MR) is 89.3 cm³/mol. The quantitative estimate of drug-likeness (QED) is 0.881. The molecule has 1 N–H and O–H groups in total. The van der Waals surface area contributed by atoms with Gasteiger partial charge in [0.25, 0.3) is 5.91 Å². The molecule has 0 saturated carbocycles. The van der Waals surface area contributed by atoms with E-state index in [1.54, 1.807) is 12.1 Å². The smallest absolute Gasteiger partial charge is 0.262 e. The molecule has 0 aliphatic rings. The number of anilines is 1. The third kappa shape index (κ3) is 4.25. The standard InChI is InChI=1S/C16H15ClN2OS/c1-19(2)13-8-4-3-6-12(13)7-5-11-18-16(20)14-9-10-15(17)21-14/h3-4,6,8-10H,11H2,1-2H3,(H,18,20). The van der Waals surface area contributed by atoms with Crippen LogP contribution in [0.15, 0.2) is 36.4 Å². The molecule has 0 radical (unpaired) electrons. The molecule has 0 aliphatic heterocycles. The van der Waals surface area contributed by atoms with Gasteiger partial charge in [-0.1, -0.05) is 35.6 Å². The first-order valence-electron chi connectivity index (χ1n) is 6.36. The lowest BCUT2D eigenvalue weighted by Gasteiger charge is -2.13. The SMILES string of the molecule is CN(C)c1ccccc1C#CCNC(=O)c1ccc(Cl)s1. The molecule has 5 heteroatoms.